The SMILES string of the molecule is O=C1CCN(C(=O)CCc2ccc(F)cc2)CC1. The summed E-state index contributed by atoms with van der Waals surface area (Å²) >= 11 is 0. The van der Waals surface area contributed by atoms with Crippen molar-refractivity contribution in [3.8, 4) is 0 Å². The number of piperidine rings is 1. The summed E-state index contributed by atoms with van der Waals surface area (Å²) in [6, 6.07) is 6.20. The number of Topliss-reactive ketones (excluding diaryl/α,β-unsaturated/α-hetero) is 1. The lowest BCUT2D eigenvalue weighted by molar-refractivity contribution is -0.134. The molecule has 96 valence electrons. The minimum atomic E-state index is -0.264. The van der Waals surface area contributed by atoms with Crippen LogP contribution in [0.1, 0.15) is 24.8 Å². The van der Waals surface area contributed by atoms with Gasteiger partial charge < -0.3 is 4.90 Å². The molecule has 0 spiro atoms. The molecule has 0 radical (unpaired) electrons. The van der Waals surface area contributed by atoms with Gasteiger partial charge in [0.1, 0.15) is 11.6 Å². The highest BCUT2D eigenvalue weighted by Gasteiger charge is 2.20. The van der Waals surface area contributed by atoms with Crippen molar-refractivity contribution in [3.63, 3.8) is 0 Å². The molecular weight excluding hydrogens is 233 g/mol. The van der Waals surface area contributed by atoms with E-state index >= 15 is 0 Å². The first-order valence-electron chi connectivity index (χ1n) is 6.19. The highest BCUT2D eigenvalue weighted by atomic mass is 19.1. The Morgan fingerprint density at radius 2 is 1.78 bits per heavy atom. The Labute approximate surface area is 106 Å². The van der Waals surface area contributed by atoms with Crippen molar-refractivity contribution in [3.05, 3.63) is 35.6 Å². The predicted molar refractivity (Wildman–Crippen MR) is 65.5 cm³/mol. The smallest absolute Gasteiger partial charge is 0.222 e. The normalized spacial score (nSPS) is 15.8. The van der Waals surface area contributed by atoms with E-state index < -0.39 is 0 Å². The summed E-state index contributed by atoms with van der Waals surface area (Å²) in [6.07, 6.45) is 1.98. The van der Waals surface area contributed by atoms with E-state index in [-0.39, 0.29) is 17.5 Å². The van der Waals surface area contributed by atoms with Gasteiger partial charge in [-0.1, -0.05) is 12.1 Å². The van der Waals surface area contributed by atoms with Gasteiger partial charge in [-0.15, -0.1) is 0 Å². The number of halogens is 1. The number of ketones is 1. The number of rotatable bonds is 3. The average molecular weight is 249 g/mol. The van der Waals surface area contributed by atoms with Crippen molar-refractivity contribution >= 4 is 11.7 Å². The summed E-state index contributed by atoms with van der Waals surface area (Å²) in [5.41, 5.74) is 0.956. The van der Waals surface area contributed by atoms with Crippen LogP contribution in [0.15, 0.2) is 24.3 Å². The van der Waals surface area contributed by atoms with E-state index in [4.69, 9.17) is 0 Å². The van der Waals surface area contributed by atoms with Gasteiger partial charge in [0.2, 0.25) is 5.91 Å². The van der Waals surface area contributed by atoms with E-state index in [9.17, 15) is 14.0 Å². The van der Waals surface area contributed by atoms with Crippen LogP contribution in [-0.4, -0.2) is 29.7 Å². The maximum atomic E-state index is 12.7. The van der Waals surface area contributed by atoms with Crippen LogP contribution in [0.25, 0.3) is 0 Å². The number of carbonyl (C=O) groups excluding carboxylic acids is 2. The Morgan fingerprint density at radius 3 is 2.39 bits per heavy atom. The first-order valence-corrected chi connectivity index (χ1v) is 6.19. The topological polar surface area (TPSA) is 37.4 Å². The zero-order chi connectivity index (χ0) is 13.0. The van der Waals surface area contributed by atoms with Gasteiger partial charge in [-0.2, -0.15) is 0 Å². The van der Waals surface area contributed by atoms with Gasteiger partial charge in [-0.3, -0.25) is 9.59 Å². The Kier molecular flexibility index (Phi) is 4.07. The van der Waals surface area contributed by atoms with Crippen molar-refractivity contribution in [2.75, 3.05) is 13.1 Å². The van der Waals surface area contributed by atoms with Crippen LogP contribution in [0.2, 0.25) is 0 Å². The fourth-order valence-corrected chi connectivity index (χ4v) is 2.07. The molecule has 1 saturated heterocycles. The molecule has 1 aromatic rings. The number of carbonyl (C=O) groups is 2. The molecule has 0 aromatic heterocycles. The van der Waals surface area contributed by atoms with Crippen molar-refractivity contribution < 1.29 is 14.0 Å². The molecule has 1 fully saturated rings. The van der Waals surface area contributed by atoms with Crippen LogP contribution >= 0.6 is 0 Å². The Balaban J connectivity index is 1.81. The largest absolute Gasteiger partial charge is 0.342 e. The summed E-state index contributed by atoms with van der Waals surface area (Å²) in [4.78, 5) is 24.7. The predicted octanol–water partition coefficient (Wildman–Crippen LogP) is 1.95. The first kappa shape index (κ1) is 12.7. The molecular formula is C14H16FNO2. The number of hydrogen-bond donors (Lipinski definition) is 0. The van der Waals surface area contributed by atoms with Gasteiger partial charge in [-0.05, 0) is 24.1 Å². The summed E-state index contributed by atoms with van der Waals surface area (Å²) in [7, 11) is 0. The molecule has 0 saturated carbocycles. The third kappa shape index (κ3) is 3.39. The van der Waals surface area contributed by atoms with Crippen molar-refractivity contribution in [1.29, 1.82) is 0 Å². The third-order valence-electron chi connectivity index (χ3n) is 3.21. The van der Waals surface area contributed by atoms with Crippen LogP contribution in [0.5, 0.6) is 0 Å². The molecule has 1 aromatic carbocycles. The summed E-state index contributed by atoms with van der Waals surface area (Å²) < 4.78 is 12.7. The van der Waals surface area contributed by atoms with Crippen LogP contribution in [-0.2, 0) is 16.0 Å². The monoisotopic (exact) mass is 249 g/mol. The van der Waals surface area contributed by atoms with Gasteiger partial charge in [0, 0.05) is 32.4 Å². The fraction of sp³-hybridized carbons (Fsp3) is 0.429. The Hall–Kier alpha value is -1.71. The van der Waals surface area contributed by atoms with Crippen molar-refractivity contribution in [2.45, 2.75) is 25.7 Å². The van der Waals surface area contributed by atoms with Gasteiger partial charge in [0.15, 0.2) is 0 Å². The van der Waals surface area contributed by atoms with E-state index in [1.807, 2.05) is 0 Å². The second-order valence-corrected chi connectivity index (χ2v) is 4.55. The Morgan fingerprint density at radius 1 is 1.17 bits per heavy atom. The third-order valence-corrected chi connectivity index (χ3v) is 3.21. The van der Waals surface area contributed by atoms with E-state index in [2.05, 4.69) is 0 Å². The number of benzene rings is 1. The first-order chi connectivity index (χ1) is 8.65. The molecule has 4 heteroatoms. The van der Waals surface area contributed by atoms with E-state index in [1.165, 1.54) is 12.1 Å². The van der Waals surface area contributed by atoms with Gasteiger partial charge in [0.25, 0.3) is 0 Å². The van der Waals surface area contributed by atoms with Crippen molar-refractivity contribution in [1.82, 2.24) is 4.90 Å². The summed E-state index contributed by atoms with van der Waals surface area (Å²) in [5.74, 6) is 0.0454. The highest BCUT2D eigenvalue weighted by Crippen LogP contribution is 2.10. The average Bonchev–Trinajstić information content (AvgIpc) is 2.38. The fourth-order valence-electron chi connectivity index (χ4n) is 2.07. The van der Waals surface area contributed by atoms with Crippen LogP contribution in [0, 0.1) is 5.82 Å². The number of hydrogen-bond acceptors (Lipinski definition) is 2. The van der Waals surface area contributed by atoms with E-state index in [0.29, 0.717) is 38.8 Å². The number of aryl methyl sites for hydroxylation is 1. The van der Waals surface area contributed by atoms with Crippen LogP contribution < -0.4 is 0 Å². The van der Waals surface area contributed by atoms with Gasteiger partial charge >= 0.3 is 0 Å². The quantitative estimate of drug-likeness (QED) is 0.821. The molecule has 0 N–H and O–H groups in total. The molecule has 0 unspecified atom stereocenters. The molecule has 0 bridgehead atoms. The Bertz CT molecular complexity index is 432. The zero-order valence-corrected chi connectivity index (χ0v) is 10.2. The molecule has 1 heterocycles. The second-order valence-electron chi connectivity index (χ2n) is 4.55. The molecule has 0 aliphatic carbocycles. The van der Waals surface area contributed by atoms with E-state index in [1.54, 1.807) is 17.0 Å². The molecule has 1 amide bonds. The minimum absolute atomic E-state index is 0.0758. The minimum Gasteiger partial charge on any atom is -0.342 e. The van der Waals surface area contributed by atoms with Gasteiger partial charge in [-0.25, -0.2) is 4.39 Å². The van der Waals surface area contributed by atoms with Crippen LogP contribution in [0.3, 0.4) is 0 Å². The molecule has 1 aliphatic rings. The molecule has 2 rings (SSSR count). The van der Waals surface area contributed by atoms with Crippen LogP contribution in [0.4, 0.5) is 4.39 Å². The maximum absolute atomic E-state index is 12.7. The number of likely N-dealkylation sites (tertiary alicyclic amines) is 1. The standard InChI is InChI=1S/C14H16FNO2/c15-12-4-1-11(2-5-12)3-6-14(18)16-9-7-13(17)8-10-16/h1-2,4-5H,3,6-10H2. The summed E-state index contributed by atoms with van der Waals surface area (Å²) in [6.45, 7) is 1.09. The lowest BCUT2D eigenvalue weighted by atomic mass is 10.1. The molecule has 1 aliphatic heterocycles. The molecule has 0 atom stereocenters. The number of nitrogens with zero attached hydrogens (tertiary/aromatic N) is 1. The molecule has 18 heavy (non-hydrogen) atoms. The lowest BCUT2D eigenvalue weighted by Gasteiger charge is -2.26. The van der Waals surface area contributed by atoms with E-state index in [0.717, 1.165) is 5.56 Å². The van der Waals surface area contributed by atoms with Gasteiger partial charge in [0.05, 0.1) is 0 Å². The summed E-state index contributed by atoms with van der Waals surface area (Å²) in [5, 5.41) is 0. The van der Waals surface area contributed by atoms with Crippen molar-refractivity contribution in [2.24, 2.45) is 0 Å². The zero-order valence-electron chi connectivity index (χ0n) is 10.2. The highest BCUT2D eigenvalue weighted by molar-refractivity contribution is 5.83. The molecule has 3 nitrogen and oxygen atoms in total. The number of amides is 1. The lowest BCUT2D eigenvalue weighted by Crippen LogP contribution is -2.38. The second kappa shape index (κ2) is 5.76. The maximum Gasteiger partial charge on any atom is 0.222 e.